The number of carbonyl (C=O) groups excluding carboxylic acids is 1. The van der Waals surface area contributed by atoms with Gasteiger partial charge in [0.05, 0.1) is 4.92 Å². The van der Waals surface area contributed by atoms with E-state index in [-0.39, 0.29) is 22.7 Å². The highest BCUT2D eigenvalue weighted by molar-refractivity contribution is 6.35. The van der Waals surface area contributed by atoms with Crippen molar-refractivity contribution in [3.05, 3.63) is 62.1 Å². The average molecular weight is 325 g/mol. The van der Waals surface area contributed by atoms with Crippen LogP contribution in [0.3, 0.4) is 0 Å². The molecule has 0 saturated carbocycles. The van der Waals surface area contributed by atoms with Crippen LogP contribution in [-0.2, 0) is 0 Å². The summed E-state index contributed by atoms with van der Waals surface area (Å²) in [6, 6.07) is 8.97. The Hall–Kier alpha value is -2.11. The Morgan fingerprint density at radius 3 is 2.29 bits per heavy atom. The molecule has 5 nitrogen and oxygen atoms in total. The second-order valence-corrected chi connectivity index (χ2v) is 5.20. The van der Waals surface area contributed by atoms with E-state index in [0.717, 1.165) is 0 Å². The summed E-state index contributed by atoms with van der Waals surface area (Å²) in [5.41, 5.74) is 0.852. The van der Waals surface area contributed by atoms with Crippen molar-refractivity contribution in [1.29, 1.82) is 0 Å². The minimum absolute atomic E-state index is 0.196. The lowest BCUT2D eigenvalue weighted by molar-refractivity contribution is -0.383. The molecule has 0 aliphatic carbocycles. The van der Waals surface area contributed by atoms with Crippen molar-refractivity contribution in [2.75, 3.05) is 5.32 Å². The zero-order chi connectivity index (χ0) is 15.6. The van der Waals surface area contributed by atoms with Gasteiger partial charge >= 0.3 is 0 Å². The summed E-state index contributed by atoms with van der Waals surface area (Å²) in [6.07, 6.45) is 0. The number of nitro benzene ring substituents is 1. The highest BCUT2D eigenvalue weighted by Gasteiger charge is 2.16. The maximum Gasteiger partial charge on any atom is 0.293 e. The smallest absolute Gasteiger partial charge is 0.293 e. The van der Waals surface area contributed by atoms with E-state index in [9.17, 15) is 14.9 Å². The van der Waals surface area contributed by atoms with Gasteiger partial charge in [0.2, 0.25) is 0 Å². The molecule has 0 spiro atoms. The van der Waals surface area contributed by atoms with Crippen molar-refractivity contribution in [2.24, 2.45) is 0 Å². The minimum atomic E-state index is -0.555. The van der Waals surface area contributed by atoms with Gasteiger partial charge in [-0.15, -0.1) is 0 Å². The number of Topliss-reactive ketones (excluding diaryl/α,β-unsaturated/α-hetero) is 1. The van der Waals surface area contributed by atoms with Crippen LogP contribution in [0.1, 0.15) is 17.3 Å². The third kappa shape index (κ3) is 3.71. The number of nitrogens with zero attached hydrogens (tertiary/aromatic N) is 1. The first kappa shape index (κ1) is 15.3. The molecule has 2 rings (SSSR count). The Morgan fingerprint density at radius 1 is 1.14 bits per heavy atom. The molecule has 0 bridgehead atoms. The van der Waals surface area contributed by atoms with Gasteiger partial charge in [-0.1, -0.05) is 23.2 Å². The maximum atomic E-state index is 11.3. The van der Waals surface area contributed by atoms with Crippen molar-refractivity contribution in [1.82, 2.24) is 0 Å². The van der Waals surface area contributed by atoms with Crippen LogP contribution in [0.5, 0.6) is 0 Å². The fourth-order valence-corrected chi connectivity index (χ4v) is 2.31. The normalized spacial score (nSPS) is 10.2. The first-order chi connectivity index (χ1) is 9.86. The van der Waals surface area contributed by atoms with Gasteiger partial charge in [0, 0.05) is 27.4 Å². The molecular weight excluding hydrogens is 315 g/mol. The quantitative estimate of drug-likeness (QED) is 0.495. The van der Waals surface area contributed by atoms with Gasteiger partial charge in [-0.05, 0) is 37.3 Å². The molecule has 0 aliphatic heterocycles. The number of hydrogen-bond donors (Lipinski definition) is 1. The summed E-state index contributed by atoms with van der Waals surface area (Å²) in [5, 5.41) is 14.8. The molecule has 21 heavy (non-hydrogen) atoms. The van der Waals surface area contributed by atoms with Gasteiger partial charge in [-0.3, -0.25) is 14.9 Å². The summed E-state index contributed by atoms with van der Waals surface area (Å²) in [6.45, 7) is 1.35. The number of ketones is 1. The van der Waals surface area contributed by atoms with Crippen LogP contribution in [0.25, 0.3) is 0 Å². The summed E-state index contributed by atoms with van der Waals surface area (Å²) in [4.78, 5) is 21.9. The molecule has 7 heteroatoms. The van der Waals surface area contributed by atoms with Crippen LogP contribution < -0.4 is 5.32 Å². The third-order valence-corrected chi connectivity index (χ3v) is 3.18. The fourth-order valence-electron chi connectivity index (χ4n) is 1.79. The van der Waals surface area contributed by atoms with Crippen LogP contribution in [0.4, 0.5) is 17.1 Å². The zero-order valence-corrected chi connectivity index (χ0v) is 12.4. The molecule has 0 heterocycles. The van der Waals surface area contributed by atoms with Crippen LogP contribution in [0, 0.1) is 10.1 Å². The predicted octanol–water partition coefficient (Wildman–Crippen LogP) is 4.85. The molecule has 0 radical (unpaired) electrons. The van der Waals surface area contributed by atoms with E-state index in [2.05, 4.69) is 5.32 Å². The van der Waals surface area contributed by atoms with Gasteiger partial charge in [0.15, 0.2) is 5.78 Å². The van der Waals surface area contributed by atoms with E-state index in [0.29, 0.717) is 15.7 Å². The van der Waals surface area contributed by atoms with Crippen LogP contribution in [0.15, 0.2) is 36.4 Å². The molecule has 108 valence electrons. The van der Waals surface area contributed by atoms with Crippen molar-refractivity contribution < 1.29 is 9.72 Å². The van der Waals surface area contributed by atoms with Gasteiger partial charge < -0.3 is 5.32 Å². The molecule has 1 N–H and O–H groups in total. The molecule has 0 unspecified atom stereocenters. The van der Waals surface area contributed by atoms with E-state index in [4.69, 9.17) is 23.2 Å². The number of hydrogen-bond acceptors (Lipinski definition) is 4. The topological polar surface area (TPSA) is 72.2 Å². The lowest BCUT2D eigenvalue weighted by atomic mass is 10.1. The lowest BCUT2D eigenvalue weighted by Gasteiger charge is -2.09. The Morgan fingerprint density at radius 2 is 1.76 bits per heavy atom. The van der Waals surface area contributed by atoms with Crippen molar-refractivity contribution in [3.63, 3.8) is 0 Å². The molecule has 0 aromatic heterocycles. The monoisotopic (exact) mass is 324 g/mol. The molecule has 0 saturated heterocycles. The Labute approximate surface area is 130 Å². The highest BCUT2D eigenvalue weighted by atomic mass is 35.5. The van der Waals surface area contributed by atoms with E-state index < -0.39 is 4.92 Å². The van der Waals surface area contributed by atoms with Crippen LogP contribution >= 0.6 is 23.2 Å². The van der Waals surface area contributed by atoms with Gasteiger partial charge in [0.25, 0.3) is 5.69 Å². The summed E-state index contributed by atoms with van der Waals surface area (Å²) >= 11 is 11.8. The van der Waals surface area contributed by atoms with Crippen LogP contribution in [0.2, 0.25) is 10.0 Å². The highest BCUT2D eigenvalue weighted by Crippen LogP contribution is 2.31. The van der Waals surface area contributed by atoms with Gasteiger partial charge in [0.1, 0.15) is 5.69 Å². The Bertz CT molecular complexity index is 712. The second kappa shape index (κ2) is 6.11. The third-order valence-electron chi connectivity index (χ3n) is 2.74. The molecular formula is C14H10Cl2N2O3. The molecule has 0 aliphatic rings. The van der Waals surface area contributed by atoms with Crippen molar-refractivity contribution in [3.8, 4) is 0 Å². The number of halogens is 2. The molecule has 0 amide bonds. The number of rotatable bonds is 4. The fraction of sp³-hybridized carbons (Fsp3) is 0.0714. The Kier molecular flexibility index (Phi) is 4.45. The Balaban J connectivity index is 2.43. The summed E-state index contributed by atoms with van der Waals surface area (Å²) in [5.74, 6) is -0.240. The summed E-state index contributed by atoms with van der Waals surface area (Å²) in [7, 11) is 0. The largest absolute Gasteiger partial charge is 0.350 e. The first-order valence-corrected chi connectivity index (χ1v) is 6.65. The van der Waals surface area contributed by atoms with E-state index in [1.54, 1.807) is 18.2 Å². The van der Waals surface area contributed by atoms with Crippen molar-refractivity contribution >= 4 is 46.0 Å². The van der Waals surface area contributed by atoms with E-state index in [1.807, 2.05) is 0 Å². The SMILES string of the molecule is CC(=O)c1ccc(Nc2cc(Cl)cc(Cl)c2)c([N+](=O)[O-])c1. The average Bonchev–Trinajstić information content (AvgIpc) is 2.37. The lowest BCUT2D eigenvalue weighted by Crippen LogP contribution is -2.00. The standard InChI is InChI=1S/C14H10Cl2N2O3/c1-8(19)9-2-3-13(14(4-9)18(20)21)17-12-6-10(15)5-11(16)7-12/h2-7,17H,1H3. The van der Waals surface area contributed by atoms with Crippen LogP contribution in [-0.4, -0.2) is 10.7 Å². The van der Waals surface area contributed by atoms with E-state index in [1.165, 1.54) is 25.1 Å². The molecule has 2 aromatic carbocycles. The second-order valence-electron chi connectivity index (χ2n) is 4.33. The molecule has 2 aromatic rings. The first-order valence-electron chi connectivity index (χ1n) is 5.89. The zero-order valence-electron chi connectivity index (χ0n) is 10.9. The molecule has 0 fully saturated rings. The van der Waals surface area contributed by atoms with Crippen molar-refractivity contribution in [2.45, 2.75) is 6.92 Å². The maximum absolute atomic E-state index is 11.3. The van der Waals surface area contributed by atoms with Gasteiger partial charge in [-0.2, -0.15) is 0 Å². The number of carbonyl (C=O) groups is 1. The number of benzene rings is 2. The van der Waals surface area contributed by atoms with E-state index >= 15 is 0 Å². The predicted molar refractivity (Wildman–Crippen MR) is 82.8 cm³/mol. The number of nitrogens with one attached hydrogen (secondary N) is 1. The van der Waals surface area contributed by atoms with Gasteiger partial charge in [-0.25, -0.2) is 0 Å². The molecule has 0 atom stereocenters. The minimum Gasteiger partial charge on any atom is -0.350 e. The number of nitro groups is 1. The number of anilines is 2. The summed E-state index contributed by atoms with van der Waals surface area (Å²) < 4.78 is 0.